The van der Waals surface area contributed by atoms with Crippen LogP contribution in [0.4, 0.5) is 4.79 Å². The first-order valence-corrected chi connectivity index (χ1v) is 14.5. The van der Waals surface area contributed by atoms with E-state index in [-0.39, 0.29) is 35.0 Å². The molecule has 230 valence electrons. The van der Waals surface area contributed by atoms with Gasteiger partial charge in [0.05, 0.1) is 0 Å². The van der Waals surface area contributed by atoms with Crippen molar-refractivity contribution in [1.82, 2.24) is 25.8 Å². The highest BCUT2D eigenvalue weighted by Crippen LogP contribution is 2.65. The van der Waals surface area contributed by atoms with Crippen LogP contribution in [0.25, 0.3) is 0 Å². The summed E-state index contributed by atoms with van der Waals surface area (Å²) in [4.78, 5) is 80.8. The molecule has 1 aliphatic heterocycles. The first-order valence-electron chi connectivity index (χ1n) is 14.5. The summed E-state index contributed by atoms with van der Waals surface area (Å²) in [5.74, 6) is -3.51. The minimum absolute atomic E-state index is 0.0775. The highest BCUT2D eigenvalue weighted by Gasteiger charge is 2.70. The lowest BCUT2D eigenvalue weighted by Gasteiger charge is -2.39. The summed E-state index contributed by atoms with van der Waals surface area (Å²) in [6.45, 7) is 13.5. The summed E-state index contributed by atoms with van der Waals surface area (Å²) < 4.78 is 0. The first kappa shape index (κ1) is 32.3. The third-order valence-electron chi connectivity index (χ3n) is 9.25. The zero-order chi connectivity index (χ0) is 31.2. The van der Waals surface area contributed by atoms with Crippen molar-refractivity contribution < 1.29 is 28.8 Å². The molecule has 0 bridgehead atoms. The molecule has 2 saturated carbocycles. The molecule has 0 aromatic carbocycles. The zero-order valence-electron chi connectivity index (χ0n) is 25.9. The van der Waals surface area contributed by atoms with Crippen LogP contribution < -0.4 is 21.7 Å². The van der Waals surface area contributed by atoms with Gasteiger partial charge in [-0.3, -0.25) is 24.0 Å². The molecule has 1 saturated heterocycles. The molecule has 1 heterocycles. The van der Waals surface area contributed by atoms with E-state index in [1.807, 2.05) is 48.5 Å². The van der Waals surface area contributed by atoms with E-state index in [9.17, 15) is 28.8 Å². The number of nitrogens with one attached hydrogen (secondary N) is 3. The van der Waals surface area contributed by atoms with Crippen LogP contribution in [0.3, 0.4) is 0 Å². The Hall–Kier alpha value is -3.18. The minimum Gasteiger partial charge on any atom is -0.363 e. The Balaban J connectivity index is 1.84. The number of hydrogen-bond donors (Lipinski definition) is 4. The van der Waals surface area contributed by atoms with Crippen molar-refractivity contribution in [2.24, 2.45) is 40.2 Å². The van der Waals surface area contributed by atoms with Gasteiger partial charge >= 0.3 is 6.03 Å². The largest absolute Gasteiger partial charge is 0.363 e. The van der Waals surface area contributed by atoms with Gasteiger partial charge in [0.25, 0.3) is 5.91 Å². The zero-order valence-corrected chi connectivity index (χ0v) is 25.9. The van der Waals surface area contributed by atoms with Gasteiger partial charge in [0.2, 0.25) is 23.5 Å². The molecular formula is C29H48N6O6. The number of fused-ring (bicyclic) bond motifs is 1. The number of Topliss-reactive ketones (excluding diaryl/α,β-unsaturated/α-hetero) is 1. The Morgan fingerprint density at radius 3 is 2.00 bits per heavy atom. The van der Waals surface area contributed by atoms with E-state index in [2.05, 4.69) is 16.0 Å². The van der Waals surface area contributed by atoms with Crippen LogP contribution in [0.1, 0.15) is 67.7 Å². The summed E-state index contributed by atoms with van der Waals surface area (Å²) >= 11 is 0. The fraction of sp³-hybridized carbons (Fsp3) is 0.793. The van der Waals surface area contributed by atoms with E-state index < -0.39 is 59.1 Å². The van der Waals surface area contributed by atoms with Crippen LogP contribution >= 0.6 is 0 Å². The first-order chi connectivity index (χ1) is 18.8. The number of carbonyl (C=O) groups excluding carboxylic acids is 6. The predicted octanol–water partition coefficient (Wildman–Crippen LogP) is 0.635. The molecule has 3 rings (SSSR count). The monoisotopic (exact) mass is 576 g/mol. The number of primary amides is 1. The molecule has 0 radical (unpaired) electrons. The highest BCUT2D eigenvalue weighted by atomic mass is 16.2. The van der Waals surface area contributed by atoms with E-state index in [0.29, 0.717) is 19.4 Å². The molecule has 2 aliphatic carbocycles. The fourth-order valence-corrected chi connectivity index (χ4v) is 6.30. The summed E-state index contributed by atoms with van der Waals surface area (Å²) in [6, 6.07) is -4.33. The number of ketones is 1. The number of amides is 6. The number of nitrogens with two attached hydrogens (primary N) is 1. The summed E-state index contributed by atoms with van der Waals surface area (Å²) in [5.41, 5.74) is 4.37. The Bertz CT molecular complexity index is 1090. The van der Waals surface area contributed by atoms with Crippen LogP contribution in [-0.4, -0.2) is 90.1 Å². The maximum atomic E-state index is 14.1. The number of nitrogens with zero attached hydrogens (tertiary/aromatic N) is 2. The number of rotatable bonds is 10. The van der Waals surface area contributed by atoms with Gasteiger partial charge in [0.15, 0.2) is 0 Å². The molecule has 0 aromatic rings. The number of likely N-dealkylation sites (tertiary alicyclic amines) is 1. The molecule has 6 atom stereocenters. The molecule has 0 spiro atoms. The summed E-state index contributed by atoms with van der Waals surface area (Å²) in [7, 11) is 3.22. The van der Waals surface area contributed by atoms with E-state index in [0.717, 1.165) is 6.42 Å². The van der Waals surface area contributed by atoms with Crippen LogP contribution in [0.15, 0.2) is 0 Å². The summed E-state index contributed by atoms with van der Waals surface area (Å²) in [5, 5.41) is 8.26. The van der Waals surface area contributed by atoms with Crippen molar-refractivity contribution >= 4 is 35.4 Å². The predicted molar refractivity (Wildman–Crippen MR) is 152 cm³/mol. The molecule has 3 aliphatic rings. The van der Waals surface area contributed by atoms with Crippen molar-refractivity contribution in [3.05, 3.63) is 0 Å². The lowest BCUT2D eigenvalue weighted by Crippen LogP contribution is -2.63. The number of hydrogen-bond acceptors (Lipinski definition) is 6. The molecule has 6 amide bonds. The third kappa shape index (κ3) is 6.51. The van der Waals surface area contributed by atoms with Gasteiger partial charge in [-0.1, -0.05) is 54.9 Å². The van der Waals surface area contributed by atoms with Gasteiger partial charge in [-0.2, -0.15) is 0 Å². The van der Waals surface area contributed by atoms with Crippen molar-refractivity contribution in [2.45, 2.75) is 91.9 Å². The normalized spacial score (nSPS) is 25.2. The second kappa shape index (κ2) is 11.6. The SMILES string of the molecule is CC(C)[C@H](NC(=O)N[C@H](C(=O)N1C[C@H]2[C@@H]([C@H]1C(=O)NC(C(=O)C(N)=O)C1CCC1)C2(C)C)C(C)(C)C)C(=O)N(C)C. The number of urea groups is 1. The van der Waals surface area contributed by atoms with E-state index in [4.69, 9.17) is 5.73 Å². The van der Waals surface area contributed by atoms with Gasteiger partial charge in [-0.15, -0.1) is 0 Å². The maximum absolute atomic E-state index is 14.1. The number of likely N-dealkylation sites (N-methyl/N-ethyl adjacent to an activating group) is 1. The van der Waals surface area contributed by atoms with E-state index in [1.54, 1.807) is 14.1 Å². The third-order valence-corrected chi connectivity index (χ3v) is 9.25. The molecule has 12 heteroatoms. The maximum Gasteiger partial charge on any atom is 0.316 e. The highest BCUT2D eigenvalue weighted by molar-refractivity contribution is 6.38. The lowest BCUT2D eigenvalue weighted by atomic mass is 9.78. The van der Waals surface area contributed by atoms with Crippen LogP contribution in [-0.2, 0) is 24.0 Å². The van der Waals surface area contributed by atoms with Crippen molar-refractivity contribution in [2.75, 3.05) is 20.6 Å². The lowest BCUT2D eigenvalue weighted by molar-refractivity contribution is -0.145. The molecule has 5 N–H and O–H groups in total. The van der Waals surface area contributed by atoms with Gasteiger partial charge in [0, 0.05) is 20.6 Å². The summed E-state index contributed by atoms with van der Waals surface area (Å²) in [6.07, 6.45) is 2.30. The Labute approximate surface area is 242 Å². The molecule has 1 unspecified atom stereocenters. The Morgan fingerprint density at radius 2 is 1.56 bits per heavy atom. The van der Waals surface area contributed by atoms with Gasteiger partial charge in [0.1, 0.15) is 24.2 Å². The van der Waals surface area contributed by atoms with Crippen LogP contribution in [0.5, 0.6) is 0 Å². The average Bonchev–Trinajstić information content (AvgIpc) is 3.14. The van der Waals surface area contributed by atoms with Gasteiger partial charge in [-0.05, 0) is 47.3 Å². The second-order valence-electron chi connectivity index (χ2n) is 14.2. The molecule has 12 nitrogen and oxygen atoms in total. The van der Waals surface area contributed by atoms with Gasteiger partial charge in [-0.25, -0.2) is 4.79 Å². The van der Waals surface area contributed by atoms with Crippen LogP contribution in [0.2, 0.25) is 0 Å². The fourth-order valence-electron chi connectivity index (χ4n) is 6.30. The standard InChI is InChI=1S/C29H48N6O6/c1-14(2)18(25(39)34(8)9)32-27(41)33-22(28(3,4)5)26(40)35-13-16-17(29(16,6)7)20(35)24(38)31-19(15-11-10-12-15)21(36)23(30)37/h14-20,22H,10-13H2,1-9H3,(H2,30,37)(H,31,38)(H2,32,33,41)/t16-,17-,18-,19?,20-,22+/m0/s1. The quantitative estimate of drug-likeness (QED) is 0.278. The van der Waals surface area contributed by atoms with Crippen molar-refractivity contribution in [1.29, 1.82) is 0 Å². The van der Waals surface area contributed by atoms with E-state index in [1.165, 1.54) is 9.80 Å². The minimum atomic E-state index is -1.10. The topological polar surface area (TPSA) is 171 Å². The molecule has 41 heavy (non-hydrogen) atoms. The smallest absolute Gasteiger partial charge is 0.316 e. The molecular weight excluding hydrogens is 528 g/mol. The Morgan fingerprint density at radius 1 is 0.976 bits per heavy atom. The van der Waals surface area contributed by atoms with E-state index >= 15 is 0 Å². The number of piperidine rings is 1. The van der Waals surface area contributed by atoms with Crippen molar-refractivity contribution in [3.8, 4) is 0 Å². The van der Waals surface area contributed by atoms with Crippen LogP contribution in [0, 0.1) is 34.5 Å². The van der Waals surface area contributed by atoms with Crippen molar-refractivity contribution in [3.63, 3.8) is 0 Å². The average molecular weight is 577 g/mol. The second-order valence-corrected chi connectivity index (χ2v) is 14.2. The molecule has 3 fully saturated rings. The molecule has 0 aromatic heterocycles. The number of carbonyl (C=O) groups is 6. The van der Waals surface area contributed by atoms with Gasteiger partial charge < -0.3 is 31.5 Å². The Kier molecular flexibility index (Phi) is 9.15.